The Kier molecular flexibility index (Phi) is 2.60. The number of furan rings is 1. The highest BCUT2D eigenvalue weighted by atomic mass is 79.9. The average Bonchev–Trinajstić information content (AvgIpc) is 2.47. The highest BCUT2D eigenvalue weighted by Gasteiger charge is 2.13. The van der Waals surface area contributed by atoms with Crippen molar-refractivity contribution in [1.82, 2.24) is 0 Å². The lowest BCUT2D eigenvalue weighted by Crippen LogP contribution is -1.99. The summed E-state index contributed by atoms with van der Waals surface area (Å²) in [5, 5.41) is 0.836. The zero-order valence-corrected chi connectivity index (χ0v) is 10.4. The molecule has 2 aromatic rings. The summed E-state index contributed by atoms with van der Waals surface area (Å²) < 4.78 is 28.5. The first-order valence-electron chi connectivity index (χ1n) is 4.30. The van der Waals surface area contributed by atoms with Crippen molar-refractivity contribution in [2.75, 3.05) is 6.26 Å². The van der Waals surface area contributed by atoms with Gasteiger partial charge in [0, 0.05) is 21.7 Å². The highest BCUT2D eigenvalue weighted by molar-refractivity contribution is 9.10. The lowest BCUT2D eigenvalue weighted by Gasteiger charge is -1.97. The van der Waals surface area contributed by atoms with Crippen molar-refractivity contribution in [3.8, 4) is 0 Å². The van der Waals surface area contributed by atoms with Crippen molar-refractivity contribution < 1.29 is 12.8 Å². The van der Waals surface area contributed by atoms with Gasteiger partial charge in [0.05, 0.1) is 12.0 Å². The quantitative estimate of drug-likeness (QED) is 0.854. The molecule has 1 aromatic heterocycles. The van der Waals surface area contributed by atoms with Gasteiger partial charge in [0.25, 0.3) is 0 Å². The predicted octanol–water partition coefficient (Wildman–Crippen LogP) is 2.74. The SMILES string of the molecule is CS(=O)(=O)Cc1coc2cccc(Br)c12. The third kappa shape index (κ3) is 2.23. The number of benzene rings is 1. The first-order chi connectivity index (χ1) is 6.97. The van der Waals surface area contributed by atoms with Gasteiger partial charge in [-0.3, -0.25) is 0 Å². The molecule has 0 fully saturated rings. The van der Waals surface area contributed by atoms with Crippen LogP contribution in [-0.2, 0) is 15.6 Å². The van der Waals surface area contributed by atoms with Crippen LogP contribution in [0, 0.1) is 0 Å². The summed E-state index contributed by atoms with van der Waals surface area (Å²) in [6, 6.07) is 5.52. The molecular formula is C10H9BrO3S. The van der Waals surface area contributed by atoms with E-state index < -0.39 is 9.84 Å². The van der Waals surface area contributed by atoms with Crippen molar-refractivity contribution in [3.05, 3.63) is 34.5 Å². The summed E-state index contributed by atoms with van der Waals surface area (Å²) >= 11 is 3.38. The molecule has 1 aromatic carbocycles. The Labute approximate surface area is 96.1 Å². The second-order valence-corrected chi connectivity index (χ2v) is 6.44. The van der Waals surface area contributed by atoms with E-state index in [0.717, 1.165) is 9.86 Å². The first-order valence-corrected chi connectivity index (χ1v) is 7.15. The molecule has 1 heterocycles. The molecule has 0 radical (unpaired) electrons. The van der Waals surface area contributed by atoms with Crippen LogP contribution in [0.2, 0.25) is 0 Å². The summed E-state index contributed by atoms with van der Waals surface area (Å²) in [5.41, 5.74) is 1.39. The van der Waals surface area contributed by atoms with Crippen molar-refractivity contribution in [3.63, 3.8) is 0 Å². The molecule has 0 saturated heterocycles. The van der Waals surface area contributed by atoms with Gasteiger partial charge in [-0.1, -0.05) is 22.0 Å². The summed E-state index contributed by atoms with van der Waals surface area (Å²) in [6.45, 7) is 0. The molecule has 0 amide bonds. The maximum atomic E-state index is 11.2. The largest absolute Gasteiger partial charge is 0.464 e. The van der Waals surface area contributed by atoms with E-state index >= 15 is 0 Å². The zero-order valence-electron chi connectivity index (χ0n) is 8.03. The van der Waals surface area contributed by atoms with Gasteiger partial charge in [0.15, 0.2) is 9.84 Å². The molecule has 0 spiro atoms. The normalized spacial score (nSPS) is 12.1. The number of fused-ring (bicyclic) bond motifs is 1. The van der Waals surface area contributed by atoms with Gasteiger partial charge < -0.3 is 4.42 Å². The third-order valence-corrected chi connectivity index (χ3v) is 3.54. The Morgan fingerprint density at radius 3 is 2.80 bits per heavy atom. The number of rotatable bonds is 2. The van der Waals surface area contributed by atoms with Crippen LogP contribution in [0.5, 0.6) is 0 Å². The Bertz CT molecular complexity index is 598. The van der Waals surface area contributed by atoms with Crippen LogP contribution >= 0.6 is 15.9 Å². The van der Waals surface area contributed by atoms with Crippen LogP contribution in [0.25, 0.3) is 11.0 Å². The second kappa shape index (κ2) is 3.64. The molecule has 80 valence electrons. The van der Waals surface area contributed by atoms with Crippen LogP contribution in [-0.4, -0.2) is 14.7 Å². The van der Waals surface area contributed by atoms with Crippen LogP contribution in [0.3, 0.4) is 0 Å². The molecule has 5 heteroatoms. The van der Waals surface area contributed by atoms with Gasteiger partial charge in [0.1, 0.15) is 5.58 Å². The lowest BCUT2D eigenvalue weighted by molar-refractivity contribution is 0.596. The Morgan fingerprint density at radius 1 is 1.40 bits per heavy atom. The smallest absolute Gasteiger partial charge is 0.151 e. The fourth-order valence-corrected chi connectivity index (χ4v) is 2.88. The Balaban J connectivity index is 2.63. The molecule has 0 aliphatic carbocycles. The minimum absolute atomic E-state index is 0.00259. The number of hydrogen-bond acceptors (Lipinski definition) is 3. The zero-order chi connectivity index (χ0) is 11.1. The molecule has 0 N–H and O–H groups in total. The maximum Gasteiger partial charge on any atom is 0.151 e. The first kappa shape index (κ1) is 10.7. The molecule has 0 bridgehead atoms. The molecule has 15 heavy (non-hydrogen) atoms. The third-order valence-electron chi connectivity index (χ3n) is 2.04. The van der Waals surface area contributed by atoms with E-state index in [1.165, 1.54) is 12.5 Å². The van der Waals surface area contributed by atoms with E-state index in [4.69, 9.17) is 4.42 Å². The molecule has 0 aliphatic heterocycles. The van der Waals surface area contributed by atoms with E-state index in [-0.39, 0.29) is 5.75 Å². The topological polar surface area (TPSA) is 47.3 Å². The minimum atomic E-state index is -3.04. The molecule has 0 aliphatic rings. The van der Waals surface area contributed by atoms with Crippen molar-refractivity contribution in [2.24, 2.45) is 0 Å². The summed E-state index contributed by atoms with van der Waals surface area (Å²) in [4.78, 5) is 0. The number of halogens is 1. The van der Waals surface area contributed by atoms with Gasteiger partial charge in [0.2, 0.25) is 0 Å². The molecule has 0 unspecified atom stereocenters. The summed E-state index contributed by atoms with van der Waals surface area (Å²) in [5.74, 6) is 0.00259. The minimum Gasteiger partial charge on any atom is -0.464 e. The molecule has 2 rings (SSSR count). The molecular weight excluding hydrogens is 280 g/mol. The molecule has 0 saturated carbocycles. The van der Waals surface area contributed by atoms with Crippen molar-refractivity contribution in [2.45, 2.75) is 5.75 Å². The Morgan fingerprint density at radius 2 is 2.13 bits per heavy atom. The van der Waals surface area contributed by atoms with E-state index in [1.54, 1.807) is 0 Å². The van der Waals surface area contributed by atoms with E-state index in [2.05, 4.69) is 15.9 Å². The van der Waals surface area contributed by atoms with Gasteiger partial charge in [-0.25, -0.2) is 8.42 Å². The highest BCUT2D eigenvalue weighted by Crippen LogP contribution is 2.29. The van der Waals surface area contributed by atoms with Gasteiger partial charge in [-0.05, 0) is 12.1 Å². The van der Waals surface area contributed by atoms with Crippen molar-refractivity contribution in [1.29, 1.82) is 0 Å². The predicted molar refractivity (Wildman–Crippen MR) is 62.5 cm³/mol. The van der Waals surface area contributed by atoms with E-state index in [0.29, 0.717) is 11.1 Å². The molecule has 3 nitrogen and oxygen atoms in total. The van der Waals surface area contributed by atoms with E-state index in [9.17, 15) is 8.42 Å². The fourth-order valence-electron chi connectivity index (χ4n) is 1.50. The van der Waals surface area contributed by atoms with Crippen molar-refractivity contribution >= 4 is 36.7 Å². The van der Waals surface area contributed by atoms with Crippen LogP contribution < -0.4 is 0 Å². The van der Waals surface area contributed by atoms with Gasteiger partial charge >= 0.3 is 0 Å². The van der Waals surface area contributed by atoms with Gasteiger partial charge in [-0.2, -0.15) is 0 Å². The van der Waals surface area contributed by atoms with Crippen LogP contribution in [0.15, 0.2) is 33.4 Å². The average molecular weight is 289 g/mol. The number of hydrogen-bond donors (Lipinski definition) is 0. The van der Waals surface area contributed by atoms with Crippen LogP contribution in [0.1, 0.15) is 5.56 Å². The summed E-state index contributed by atoms with van der Waals surface area (Å²) in [7, 11) is -3.04. The second-order valence-electron chi connectivity index (χ2n) is 3.44. The van der Waals surface area contributed by atoms with Gasteiger partial charge in [-0.15, -0.1) is 0 Å². The van der Waals surface area contributed by atoms with Crippen LogP contribution in [0.4, 0.5) is 0 Å². The lowest BCUT2D eigenvalue weighted by atomic mass is 10.2. The molecule has 0 atom stereocenters. The Hall–Kier alpha value is -0.810. The standard InChI is InChI=1S/C10H9BrO3S/c1-15(12,13)6-7-5-14-9-4-2-3-8(11)10(7)9/h2-5H,6H2,1H3. The maximum absolute atomic E-state index is 11.2. The fraction of sp³-hybridized carbons (Fsp3) is 0.200. The number of sulfone groups is 1. The monoisotopic (exact) mass is 288 g/mol. The summed E-state index contributed by atoms with van der Waals surface area (Å²) in [6.07, 6.45) is 2.71. The van der Waals surface area contributed by atoms with E-state index in [1.807, 2.05) is 18.2 Å².